The summed E-state index contributed by atoms with van der Waals surface area (Å²) in [5, 5.41) is 15.4. The number of carbonyl (C=O) groups excluding carboxylic acids is 1. The minimum atomic E-state index is -0.849. The van der Waals surface area contributed by atoms with E-state index in [0.717, 1.165) is 0 Å². The SMILES string of the molecule is C#Cc1cccc(NC(=O)NCC(O)(CC)CC)c1. The van der Waals surface area contributed by atoms with Gasteiger partial charge in [-0.25, -0.2) is 4.79 Å². The van der Waals surface area contributed by atoms with Crippen molar-refractivity contribution in [2.45, 2.75) is 32.3 Å². The first-order chi connectivity index (χ1) is 9.03. The molecule has 0 saturated heterocycles. The second-order valence-electron chi connectivity index (χ2n) is 4.46. The van der Waals surface area contributed by atoms with Crippen molar-refractivity contribution in [3.8, 4) is 12.3 Å². The summed E-state index contributed by atoms with van der Waals surface area (Å²) in [5.74, 6) is 2.50. The molecule has 0 aliphatic carbocycles. The van der Waals surface area contributed by atoms with Crippen molar-refractivity contribution in [3.05, 3.63) is 29.8 Å². The molecule has 4 nitrogen and oxygen atoms in total. The van der Waals surface area contributed by atoms with Crippen LogP contribution < -0.4 is 10.6 Å². The van der Waals surface area contributed by atoms with Crippen LogP contribution in [0.2, 0.25) is 0 Å². The summed E-state index contributed by atoms with van der Waals surface area (Å²) in [6.45, 7) is 4.00. The maximum atomic E-state index is 11.7. The number of benzene rings is 1. The molecule has 19 heavy (non-hydrogen) atoms. The van der Waals surface area contributed by atoms with Crippen molar-refractivity contribution in [3.63, 3.8) is 0 Å². The molecule has 0 atom stereocenters. The van der Waals surface area contributed by atoms with Gasteiger partial charge in [0.2, 0.25) is 0 Å². The highest BCUT2D eigenvalue weighted by Gasteiger charge is 2.22. The van der Waals surface area contributed by atoms with Gasteiger partial charge in [0.05, 0.1) is 5.60 Å². The van der Waals surface area contributed by atoms with Gasteiger partial charge in [-0.2, -0.15) is 0 Å². The van der Waals surface area contributed by atoms with Gasteiger partial charge in [0.25, 0.3) is 0 Å². The van der Waals surface area contributed by atoms with E-state index in [1.165, 1.54) is 0 Å². The van der Waals surface area contributed by atoms with E-state index in [1.807, 2.05) is 13.8 Å². The van der Waals surface area contributed by atoms with Gasteiger partial charge in [-0.1, -0.05) is 25.8 Å². The van der Waals surface area contributed by atoms with Crippen molar-refractivity contribution in [2.75, 3.05) is 11.9 Å². The molecule has 1 aromatic rings. The molecule has 1 aromatic carbocycles. The van der Waals surface area contributed by atoms with Crippen LogP contribution >= 0.6 is 0 Å². The van der Waals surface area contributed by atoms with Crippen molar-refractivity contribution in [2.24, 2.45) is 0 Å². The second-order valence-corrected chi connectivity index (χ2v) is 4.46. The zero-order valence-corrected chi connectivity index (χ0v) is 11.4. The predicted octanol–water partition coefficient (Wildman–Crippen LogP) is 2.34. The maximum Gasteiger partial charge on any atom is 0.319 e. The van der Waals surface area contributed by atoms with Crippen molar-refractivity contribution >= 4 is 11.7 Å². The van der Waals surface area contributed by atoms with Crippen LogP contribution in [-0.4, -0.2) is 23.3 Å². The lowest BCUT2D eigenvalue weighted by molar-refractivity contribution is 0.0354. The fraction of sp³-hybridized carbons (Fsp3) is 0.400. The Balaban J connectivity index is 2.54. The normalized spacial score (nSPS) is 10.6. The number of anilines is 1. The maximum absolute atomic E-state index is 11.7. The third kappa shape index (κ3) is 4.65. The quantitative estimate of drug-likeness (QED) is 0.712. The number of aliphatic hydroxyl groups is 1. The largest absolute Gasteiger partial charge is 0.388 e. The van der Waals surface area contributed by atoms with Gasteiger partial charge in [0, 0.05) is 17.8 Å². The Kier molecular flexibility index (Phi) is 5.40. The van der Waals surface area contributed by atoms with Crippen LogP contribution in [0.15, 0.2) is 24.3 Å². The van der Waals surface area contributed by atoms with Crippen molar-refractivity contribution in [1.29, 1.82) is 0 Å². The Morgan fingerprint density at radius 2 is 2.11 bits per heavy atom. The average molecular weight is 260 g/mol. The average Bonchev–Trinajstić information content (AvgIpc) is 2.45. The number of terminal acetylenes is 1. The highest BCUT2D eigenvalue weighted by atomic mass is 16.3. The predicted molar refractivity (Wildman–Crippen MR) is 76.9 cm³/mol. The van der Waals surface area contributed by atoms with Crippen LogP contribution in [-0.2, 0) is 0 Å². The zero-order valence-electron chi connectivity index (χ0n) is 11.4. The van der Waals surface area contributed by atoms with Crippen molar-refractivity contribution in [1.82, 2.24) is 5.32 Å². The fourth-order valence-corrected chi connectivity index (χ4v) is 1.61. The summed E-state index contributed by atoms with van der Waals surface area (Å²) in [7, 11) is 0. The Bertz CT molecular complexity index is 473. The molecule has 0 aliphatic rings. The molecule has 0 saturated carbocycles. The highest BCUT2D eigenvalue weighted by Crippen LogP contribution is 2.13. The summed E-state index contributed by atoms with van der Waals surface area (Å²) < 4.78 is 0. The molecule has 0 aliphatic heterocycles. The molecule has 4 heteroatoms. The first-order valence-corrected chi connectivity index (χ1v) is 6.37. The molecular weight excluding hydrogens is 240 g/mol. The van der Waals surface area contributed by atoms with Gasteiger partial charge in [-0.05, 0) is 31.0 Å². The molecule has 0 radical (unpaired) electrons. The van der Waals surface area contributed by atoms with Gasteiger partial charge >= 0.3 is 6.03 Å². The first kappa shape index (κ1) is 15.1. The molecule has 0 aromatic heterocycles. The third-order valence-electron chi connectivity index (χ3n) is 3.18. The fourth-order valence-electron chi connectivity index (χ4n) is 1.61. The molecule has 2 amide bonds. The van der Waals surface area contributed by atoms with Crippen LogP contribution in [0.25, 0.3) is 0 Å². The van der Waals surface area contributed by atoms with E-state index in [1.54, 1.807) is 24.3 Å². The Morgan fingerprint density at radius 1 is 1.42 bits per heavy atom. The number of hydrogen-bond donors (Lipinski definition) is 3. The molecule has 0 unspecified atom stereocenters. The van der Waals surface area contributed by atoms with Gasteiger partial charge in [0.15, 0.2) is 0 Å². The number of nitrogens with one attached hydrogen (secondary N) is 2. The highest BCUT2D eigenvalue weighted by molar-refractivity contribution is 5.89. The summed E-state index contributed by atoms with van der Waals surface area (Å²) in [6.07, 6.45) is 6.48. The van der Waals surface area contributed by atoms with Crippen molar-refractivity contribution < 1.29 is 9.90 Å². The van der Waals surface area contributed by atoms with E-state index >= 15 is 0 Å². The smallest absolute Gasteiger partial charge is 0.319 e. The topological polar surface area (TPSA) is 61.4 Å². The lowest BCUT2D eigenvalue weighted by atomic mass is 9.98. The lowest BCUT2D eigenvalue weighted by Crippen LogP contribution is -2.43. The molecule has 3 N–H and O–H groups in total. The molecule has 0 bridgehead atoms. The minimum Gasteiger partial charge on any atom is -0.388 e. The number of hydrogen-bond acceptors (Lipinski definition) is 2. The first-order valence-electron chi connectivity index (χ1n) is 6.37. The summed E-state index contributed by atoms with van der Waals surface area (Å²) in [4.78, 5) is 11.7. The monoisotopic (exact) mass is 260 g/mol. The van der Waals surface area contributed by atoms with E-state index in [9.17, 15) is 9.90 Å². The summed E-state index contributed by atoms with van der Waals surface area (Å²) in [5.41, 5.74) is 0.485. The van der Waals surface area contributed by atoms with Crippen LogP contribution in [0.3, 0.4) is 0 Å². The minimum absolute atomic E-state index is 0.223. The molecule has 0 fully saturated rings. The summed E-state index contributed by atoms with van der Waals surface area (Å²) >= 11 is 0. The number of carbonyl (C=O) groups is 1. The second kappa shape index (κ2) is 6.81. The van der Waals surface area contributed by atoms with Gasteiger partial charge < -0.3 is 15.7 Å². The van der Waals surface area contributed by atoms with Crippen LogP contribution in [0.5, 0.6) is 0 Å². The Labute approximate surface area is 114 Å². The molecule has 0 heterocycles. The van der Waals surface area contributed by atoms with Crippen LogP contribution in [0, 0.1) is 12.3 Å². The Morgan fingerprint density at radius 3 is 2.68 bits per heavy atom. The molecule has 102 valence electrons. The Hall–Kier alpha value is -1.99. The molecule has 1 rings (SSSR count). The van der Waals surface area contributed by atoms with Gasteiger partial charge in [0.1, 0.15) is 0 Å². The number of amides is 2. The summed E-state index contributed by atoms with van der Waals surface area (Å²) in [6, 6.07) is 6.68. The molecular formula is C15H20N2O2. The van der Waals surface area contributed by atoms with E-state index in [4.69, 9.17) is 6.42 Å². The molecule has 0 spiro atoms. The van der Waals surface area contributed by atoms with E-state index in [0.29, 0.717) is 24.1 Å². The zero-order chi connectivity index (χ0) is 14.3. The van der Waals surface area contributed by atoms with E-state index in [2.05, 4.69) is 16.6 Å². The van der Waals surface area contributed by atoms with Gasteiger partial charge in [-0.3, -0.25) is 0 Å². The van der Waals surface area contributed by atoms with E-state index in [-0.39, 0.29) is 12.6 Å². The number of urea groups is 1. The van der Waals surface area contributed by atoms with Crippen LogP contribution in [0.1, 0.15) is 32.3 Å². The van der Waals surface area contributed by atoms with Crippen LogP contribution in [0.4, 0.5) is 10.5 Å². The van der Waals surface area contributed by atoms with Gasteiger partial charge in [-0.15, -0.1) is 6.42 Å². The standard InChI is InChI=1S/C15H20N2O2/c1-4-12-8-7-9-13(10-12)17-14(18)16-11-15(19,5-2)6-3/h1,7-10,19H,5-6,11H2,2-3H3,(H2,16,17,18). The lowest BCUT2D eigenvalue weighted by Gasteiger charge is -2.25. The third-order valence-corrected chi connectivity index (χ3v) is 3.18. The van der Waals surface area contributed by atoms with E-state index < -0.39 is 5.60 Å². The number of rotatable bonds is 5.